The Morgan fingerprint density at radius 2 is 2.12 bits per heavy atom. The van der Waals surface area contributed by atoms with Gasteiger partial charge in [-0.1, -0.05) is 25.4 Å². The smallest absolute Gasteiger partial charge is 0.410 e. The summed E-state index contributed by atoms with van der Waals surface area (Å²) in [6.07, 6.45) is -0.375. The number of benzene rings is 1. The van der Waals surface area contributed by atoms with Crippen molar-refractivity contribution in [2.24, 2.45) is 5.92 Å². The fourth-order valence-corrected chi connectivity index (χ4v) is 4.22. The number of halogens is 2. The number of amides is 1. The molecule has 2 heterocycles. The van der Waals surface area contributed by atoms with Crippen molar-refractivity contribution in [2.75, 3.05) is 26.2 Å². The van der Waals surface area contributed by atoms with Gasteiger partial charge in [0.05, 0.1) is 16.6 Å². The van der Waals surface area contributed by atoms with E-state index >= 15 is 0 Å². The van der Waals surface area contributed by atoms with Crippen molar-refractivity contribution in [2.45, 2.75) is 52.8 Å². The van der Waals surface area contributed by atoms with Crippen molar-refractivity contribution in [1.29, 1.82) is 0 Å². The van der Waals surface area contributed by atoms with E-state index in [1.165, 1.54) is 4.57 Å². The summed E-state index contributed by atoms with van der Waals surface area (Å²) in [6, 6.07) is 1.49. The molecule has 2 N–H and O–H groups in total. The van der Waals surface area contributed by atoms with Crippen molar-refractivity contribution in [3.63, 3.8) is 0 Å². The van der Waals surface area contributed by atoms with Crippen LogP contribution in [-0.4, -0.2) is 63.5 Å². The molecule has 1 aromatic carbocycles. The molecule has 3 rings (SSSR count). The van der Waals surface area contributed by atoms with Gasteiger partial charge in [0.1, 0.15) is 17.6 Å². The first-order chi connectivity index (χ1) is 15.4. The van der Waals surface area contributed by atoms with Gasteiger partial charge in [-0.2, -0.15) is 4.98 Å². The number of rotatable bonds is 5. The number of nitrogens with zero attached hydrogens (tertiary/aromatic N) is 3. The van der Waals surface area contributed by atoms with E-state index in [9.17, 15) is 14.7 Å². The van der Waals surface area contributed by atoms with Gasteiger partial charge < -0.3 is 24.8 Å². The molecule has 1 aromatic heterocycles. The summed E-state index contributed by atoms with van der Waals surface area (Å²) in [5.74, 6) is -0.0347. The van der Waals surface area contributed by atoms with Gasteiger partial charge in [-0.05, 0) is 48.7 Å². The van der Waals surface area contributed by atoms with Crippen LogP contribution in [0.2, 0.25) is 5.02 Å². The molecule has 2 aromatic rings. The minimum absolute atomic E-state index is 0.174. The first-order valence-electron chi connectivity index (χ1n) is 10.8. The van der Waals surface area contributed by atoms with Crippen LogP contribution >= 0.6 is 27.5 Å². The van der Waals surface area contributed by atoms with E-state index in [1.54, 1.807) is 11.0 Å². The Bertz CT molecular complexity index is 1100. The molecule has 11 heteroatoms. The van der Waals surface area contributed by atoms with E-state index in [-0.39, 0.29) is 40.8 Å². The topological polar surface area (TPSA) is 106 Å². The van der Waals surface area contributed by atoms with Gasteiger partial charge in [0, 0.05) is 30.7 Å². The maximum absolute atomic E-state index is 12.4. The van der Waals surface area contributed by atoms with Crippen LogP contribution in [0.1, 0.15) is 34.6 Å². The van der Waals surface area contributed by atoms with Crippen molar-refractivity contribution >= 4 is 44.5 Å². The van der Waals surface area contributed by atoms with Crippen LogP contribution in [-0.2, 0) is 11.3 Å². The van der Waals surface area contributed by atoms with Crippen LogP contribution in [0, 0.1) is 5.92 Å². The second-order valence-electron chi connectivity index (χ2n) is 9.51. The third-order valence-corrected chi connectivity index (χ3v) is 6.22. The van der Waals surface area contributed by atoms with E-state index in [0.29, 0.717) is 36.2 Å². The predicted octanol–water partition coefficient (Wildman–Crippen LogP) is 3.76. The number of aromatic hydroxyl groups is 1. The third-order valence-electron chi connectivity index (χ3n) is 4.99. The number of aromatic nitrogens is 2. The molecule has 182 valence electrons. The predicted molar refractivity (Wildman–Crippen MR) is 130 cm³/mol. The van der Waals surface area contributed by atoms with Gasteiger partial charge >= 0.3 is 11.8 Å². The summed E-state index contributed by atoms with van der Waals surface area (Å²) in [7, 11) is 0. The Morgan fingerprint density at radius 3 is 2.76 bits per heavy atom. The Balaban J connectivity index is 1.88. The van der Waals surface area contributed by atoms with Crippen molar-refractivity contribution in [3.05, 3.63) is 26.0 Å². The molecule has 0 saturated carbocycles. The highest BCUT2D eigenvalue weighted by molar-refractivity contribution is 9.10. The van der Waals surface area contributed by atoms with E-state index in [1.807, 2.05) is 34.6 Å². The summed E-state index contributed by atoms with van der Waals surface area (Å²) < 4.78 is 13.6. The van der Waals surface area contributed by atoms with E-state index in [2.05, 4.69) is 26.2 Å². The second-order valence-corrected chi connectivity index (χ2v) is 10.7. The van der Waals surface area contributed by atoms with Crippen LogP contribution in [0.25, 0.3) is 10.9 Å². The molecule has 0 radical (unpaired) electrons. The molecule has 33 heavy (non-hydrogen) atoms. The van der Waals surface area contributed by atoms with E-state index < -0.39 is 17.2 Å². The number of hydrogen-bond acceptors (Lipinski definition) is 7. The van der Waals surface area contributed by atoms with Gasteiger partial charge in [-0.25, -0.2) is 9.59 Å². The molecule has 1 unspecified atom stereocenters. The second kappa shape index (κ2) is 10.1. The van der Waals surface area contributed by atoms with E-state index in [0.717, 1.165) is 0 Å². The SMILES string of the molecule is CC(C)Cn1c(=O)nc(O)c2c(OCC3CN(C(=O)OC(C)(C)C)CCN3)c(Cl)c(Br)cc21. The summed E-state index contributed by atoms with van der Waals surface area (Å²) in [4.78, 5) is 30.3. The van der Waals surface area contributed by atoms with Crippen LogP contribution in [0.5, 0.6) is 11.6 Å². The minimum atomic E-state index is -0.576. The number of piperazine rings is 1. The lowest BCUT2D eigenvalue weighted by atomic mass is 10.1. The van der Waals surface area contributed by atoms with Crippen LogP contribution in [0.3, 0.4) is 0 Å². The average molecular weight is 546 g/mol. The monoisotopic (exact) mass is 544 g/mol. The molecule has 1 fully saturated rings. The average Bonchev–Trinajstić information content (AvgIpc) is 2.70. The van der Waals surface area contributed by atoms with Crippen molar-refractivity contribution in [1.82, 2.24) is 19.8 Å². The molecule has 0 aliphatic carbocycles. The summed E-state index contributed by atoms with van der Waals surface area (Å²) in [6.45, 7) is 11.5. The normalized spacial score (nSPS) is 17.0. The molecule has 0 bridgehead atoms. The number of hydrogen-bond donors (Lipinski definition) is 2. The summed E-state index contributed by atoms with van der Waals surface area (Å²) in [5, 5.41) is 14.3. The molecular formula is C22H30BrClN4O5. The number of carbonyl (C=O) groups excluding carboxylic acids is 1. The lowest BCUT2D eigenvalue weighted by Crippen LogP contribution is -2.55. The number of fused-ring (bicyclic) bond motifs is 1. The van der Waals surface area contributed by atoms with E-state index in [4.69, 9.17) is 21.1 Å². The van der Waals surface area contributed by atoms with Gasteiger partial charge in [0.2, 0.25) is 5.88 Å². The molecular weight excluding hydrogens is 516 g/mol. The zero-order chi connectivity index (χ0) is 24.5. The minimum Gasteiger partial charge on any atom is -0.493 e. The first kappa shape index (κ1) is 25.6. The van der Waals surface area contributed by atoms with Gasteiger partial charge in [-0.3, -0.25) is 4.57 Å². The number of nitrogens with one attached hydrogen (secondary N) is 1. The van der Waals surface area contributed by atoms with Crippen LogP contribution in [0.4, 0.5) is 4.79 Å². The lowest BCUT2D eigenvalue weighted by Gasteiger charge is -2.34. The summed E-state index contributed by atoms with van der Waals surface area (Å²) in [5.41, 5.74) is -0.650. The third kappa shape index (κ3) is 6.10. The van der Waals surface area contributed by atoms with Gasteiger partial charge in [0.15, 0.2) is 5.75 Å². The van der Waals surface area contributed by atoms with Crippen LogP contribution in [0.15, 0.2) is 15.3 Å². The fraction of sp³-hybridized carbons (Fsp3) is 0.591. The van der Waals surface area contributed by atoms with Gasteiger partial charge in [0.25, 0.3) is 0 Å². The van der Waals surface area contributed by atoms with Gasteiger partial charge in [-0.15, -0.1) is 0 Å². The lowest BCUT2D eigenvalue weighted by molar-refractivity contribution is 0.0178. The molecule has 1 aliphatic rings. The largest absolute Gasteiger partial charge is 0.493 e. The molecule has 1 amide bonds. The van der Waals surface area contributed by atoms with Crippen molar-refractivity contribution < 1.29 is 19.4 Å². The zero-order valence-corrected chi connectivity index (χ0v) is 21.8. The molecule has 1 saturated heterocycles. The highest BCUT2D eigenvalue weighted by Gasteiger charge is 2.28. The molecule has 9 nitrogen and oxygen atoms in total. The maximum atomic E-state index is 12.4. The molecule has 0 spiro atoms. The first-order valence-corrected chi connectivity index (χ1v) is 12.0. The number of ether oxygens (including phenoxy) is 2. The van der Waals surface area contributed by atoms with Crippen molar-refractivity contribution in [3.8, 4) is 11.6 Å². The standard InChI is InChI=1S/C22H30BrClN4O5/c1-12(2)9-28-15-8-14(23)17(24)18(16(15)19(29)26-20(28)30)32-11-13-10-27(7-6-25-13)21(31)33-22(3,4)5/h8,12-13,25H,6-7,9-11H2,1-5H3,(H,26,29,30). The quantitative estimate of drug-likeness (QED) is 0.589. The molecule has 1 aliphatic heterocycles. The summed E-state index contributed by atoms with van der Waals surface area (Å²) >= 11 is 9.93. The fourth-order valence-electron chi connectivity index (χ4n) is 3.62. The Labute approximate surface area is 206 Å². The Morgan fingerprint density at radius 1 is 1.42 bits per heavy atom. The number of carbonyl (C=O) groups is 1. The molecule has 1 atom stereocenters. The Kier molecular flexibility index (Phi) is 7.80. The van der Waals surface area contributed by atoms with Crippen LogP contribution < -0.4 is 15.7 Å². The zero-order valence-electron chi connectivity index (χ0n) is 19.4. The maximum Gasteiger partial charge on any atom is 0.410 e. The Hall–Kier alpha value is -2.04. The highest BCUT2D eigenvalue weighted by Crippen LogP contribution is 2.42. The highest BCUT2D eigenvalue weighted by atomic mass is 79.9.